The Kier molecular flexibility index (Phi) is 4.95. The van der Waals surface area contributed by atoms with Crippen LogP contribution in [-0.2, 0) is 14.3 Å². The van der Waals surface area contributed by atoms with E-state index in [1.54, 1.807) is 38.1 Å². The molecule has 4 nitrogen and oxygen atoms in total. The molecule has 0 amide bonds. The first-order valence-corrected chi connectivity index (χ1v) is 6.27. The van der Waals surface area contributed by atoms with Crippen LogP contribution < -0.4 is 5.32 Å². The number of ketones is 1. The average Bonchev–Trinajstić information content (AvgIpc) is 2.34. The van der Waals surface area contributed by atoms with Crippen molar-refractivity contribution in [3.63, 3.8) is 0 Å². The summed E-state index contributed by atoms with van der Waals surface area (Å²) in [4.78, 5) is 23.6. The normalized spacial score (nSPS) is 12.7. The Morgan fingerprint density at radius 1 is 1.37 bits per heavy atom. The third kappa shape index (κ3) is 3.70. The van der Waals surface area contributed by atoms with Gasteiger partial charge in [0.1, 0.15) is 6.04 Å². The summed E-state index contributed by atoms with van der Waals surface area (Å²) in [6.45, 7) is 4.78. The van der Waals surface area contributed by atoms with Crippen LogP contribution in [0.15, 0.2) is 24.3 Å². The number of benzene rings is 1. The number of carbonyl (C=O) groups is 2. The minimum Gasteiger partial charge on any atom is -0.469 e. The van der Waals surface area contributed by atoms with Gasteiger partial charge in [-0.05, 0) is 39.0 Å². The molecule has 1 atom stereocenters. The molecule has 0 radical (unpaired) electrons. The number of esters is 1. The van der Waals surface area contributed by atoms with Crippen LogP contribution in [0.3, 0.4) is 0 Å². The molecular weight excluding hydrogens is 266 g/mol. The average molecular weight is 284 g/mol. The van der Waals surface area contributed by atoms with Gasteiger partial charge in [0.05, 0.1) is 12.5 Å². The molecule has 1 aromatic rings. The van der Waals surface area contributed by atoms with E-state index >= 15 is 0 Å². The number of carbonyl (C=O) groups excluding carboxylic acids is 2. The number of hydrogen-bond acceptors (Lipinski definition) is 4. The van der Waals surface area contributed by atoms with Crippen molar-refractivity contribution in [2.45, 2.75) is 26.8 Å². The van der Waals surface area contributed by atoms with Gasteiger partial charge in [-0.3, -0.25) is 9.59 Å². The van der Waals surface area contributed by atoms with E-state index in [1.165, 1.54) is 14.0 Å². The van der Waals surface area contributed by atoms with Crippen molar-refractivity contribution in [2.24, 2.45) is 5.41 Å². The number of hydrogen-bond donors (Lipinski definition) is 1. The third-order valence-corrected chi connectivity index (χ3v) is 3.21. The number of halogens is 1. The van der Waals surface area contributed by atoms with Gasteiger partial charge < -0.3 is 10.1 Å². The number of anilines is 1. The topological polar surface area (TPSA) is 55.4 Å². The highest BCUT2D eigenvalue weighted by molar-refractivity contribution is 6.30. The minimum atomic E-state index is -0.969. The molecule has 0 saturated carbocycles. The number of ether oxygens (including phenoxy) is 1. The first-order valence-electron chi connectivity index (χ1n) is 5.90. The standard InChI is InChI=1S/C14H18ClNO3/c1-9(17)12(14(2,3)13(18)19-4)16-11-7-5-6-10(15)8-11/h5-8,12,16H,1-4H3. The number of rotatable bonds is 5. The van der Waals surface area contributed by atoms with E-state index in [2.05, 4.69) is 5.32 Å². The molecule has 0 spiro atoms. The van der Waals surface area contributed by atoms with Gasteiger partial charge in [-0.15, -0.1) is 0 Å². The molecular formula is C14H18ClNO3. The van der Waals surface area contributed by atoms with Crippen molar-refractivity contribution in [1.29, 1.82) is 0 Å². The van der Waals surface area contributed by atoms with Crippen LogP contribution in [0.2, 0.25) is 5.02 Å². The molecule has 1 aromatic carbocycles. The Balaban J connectivity index is 3.03. The van der Waals surface area contributed by atoms with Crippen LogP contribution in [-0.4, -0.2) is 24.9 Å². The Morgan fingerprint density at radius 2 is 2.00 bits per heavy atom. The molecule has 0 aromatic heterocycles. The SMILES string of the molecule is COC(=O)C(C)(C)C(Nc1cccc(Cl)c1)C(C)=O. The molecule has 1 N–H and O–H groups in total. The van der Waals surface area contributed by atoms with Crippen molar-refractivity contribution >= 4 is 29.0 Å². The summed E-state index contributed by atoms with van der Waals surface area (Å²) >= 11 is 5.90. The lowest BCUT2D eigenvalue weighted by molar-refractivity contribution is -0.153. The summed E-state index contributed by atoms with van der Waals surface area (Å²) in [5.74, 6) is -0.586. The van der Waals surface area contributed by atoms with Crippen LogP contribution in [0.4, 0.5) is 5.69 Å². The number of Topliss-reactive ketones (excluding diaryl/α,β-unsaturated/α-hetero) is 1. The van der Waals surface area contributed by atoms with Crippen molar-refractivity contribution < 1.29 is 14.3 Å². The van der Waals surface area contributed by atoms with Crippen LogP contribution in [0.25, 0.3) is 0 Å². The number of methoxy groups -OCH3 is 1. The highest BCUT2D eigenvalue weighted by Gasteiger charge is 2.40. The Bertz CT molecular complexity index is 485. The quantitative estimate of drug-likeness (QED) is 0.844. The first kappa shape index (κ1) is 15.5. The fraction of sp³-hybridized carbons (Fsp3) is 0.429. The molecule has 5 heteroatoms. The van der Waals surface area contributed by atoms with E-state index in [0.717, 1.165) is 0 Å². The van der Waals surface area contributed by atoms with Crippen molar-refractivity contribution in [1.82, 2.24) is 0 Å². The molecule has 0 saturated heterocycles. The zero-order valence-electron chi connectivity index (χ0n) is 11.5. The fourth-order valence-corrected chi connectivity index (χ4v) is 2.11. The highest BCUT2D eigenvalue weighted by Crippen LogP contribution is 2.27. The Hall–Kier alpha value is -1.55. The van der Waals surface area contributed by atoms with Crippen molar-refractivity contribution in [3.8, 4) is 0 Å². The summed E-state index contributed by atoms with van der Waals surface area (Å²) in [6.07, 6.45) is 0. The summed E-state index contributed by atoms with van der Waals surface area (Å²) in [5.41, 5.74) is -0.284. The lowest BCUT2D eigenvalue weighted by Gasteiger charge is -2.31. The molecule has 0 aliphatic carbocycles. The van der Waals surface area contributed by atoms with Crippen molar-refractivity contribution in [2.75, 3.05) is 12.4 Å². The summed E-state index contributed by atoms with van der Waals surface area (Å²) in [6, 6.07) is 6.31. The molecule has 19 heavy (non-hydrogen) atoms. The van der Waals surface area contributed by atoms with E-state index in [0.29, 0.717) is 10.7 Å². The lowest BCUT2D eigenvalue weighted by atomic mass is 9.82. The maximum Gasteiger partial charge on any atom is 0.313 e. The third-order valence-electron chi connectivity index (χ3n) is 2.98. The molecule has 0 bridgehead atoms. The van der Waals surface area contributed by atoms with Gasteiger partial charge in [0.15, 0.2) is 5.78 Å². The predicted octanol–water partition coefficient (Wildman–Crippen LogP) is 2.91. The van der Waals surface area contributed by atoms with Gasteiger partial charge >= 0.3 is 5.97 Å². The summed E-state index contributed by atoms with van der Waals surface area (Å²) in [7, 11) is 1.31. The van der Waals surface area contributed by atoms with E-state index in [-0.39, 0.29) is 5.78 Å². The van der Waals surface area contributed by atoms with E-state index in [9.17, 15) is 9.59 Å². The molecule has 0 fully saturated rings. The summed E-state index contributed by atoms with van der Waals surface area (Å²) < 4.78 is 4.75. The van der Waals surface area contributed by atoms with Gasteiger partial charge in [-0.25, -0.2) is 0 Å². The Morgan fingerprint density at radius 3 is 2.47 bits per heavy atom. The molecule has 0 heterocycles. The zero-order valence-corrected chi connectivity index (χ0v) is 12.2. The predicted molar refractivity (Wildman–Crippen MR) is 75.3 cm³/mol. The van der Waals surface area contributed by atoms with E-state index in [1.807, 2.05) is 0 Å². The van der Waals surface area contributed by atoms with Gasteiger partial charge in [0, 0.05) is 10.7 Å². The highest BCUT2D eigenvalue weighted by atomic mass is 35.5. The smallest absolute Gasteiger partial charge is 0.313 e. The molecule has 0 aliphatic heterocycles. The van der Waals surface area contributed by atoms with Crippen LogP contribution in [0, 0.1) is 5.41 Å². The summed E-state index contributed by atoms with van der Waals surface area (Å²) in [5, 5.41) is 3.60. The minimum absolute atomic E-state index is 0.143. The van der Waals surface area contributed by atoms with E-state index in [4.69, 9.17) is 16.3 Å². The van der Waals surface area contributed by atoms with E-state index < -0.39 is 17.4 Å². The maximum atomic E-state index is 11.8. The fourth-order valence-electron chi connectivity index (χ4n) is 1.92. The monoisotopic (exact) mass is 283 g/mol. The second kappa shape index (κ2) is 6.06. The van der Waals surface area contributed by atoms with Gasteiger partial charge in [0.25, 0.3) is 0 Å². The van der Waals surface area contributed by atoms with Gasteiger partial charge in [0.2, 0.25) is 0 Å². The largest absolute Gasteiger partial charge is 0.469 e. The van der Waals surface area contributed by atoms with Crippen LogP contribution >= 0.6 is 11.6 Å². The number of nitrogens with one attached hydrogen (secondary N) is 1. The van der Waals surface area contributed by atoms with Crippen LogP contribution in [0.1, 0.15) is 20.8 Å². The van der Waals surface area contributed by atoms with Gasteiger partial charge in [-0.1, -0.05) is 17.7 Å². The molecule has 104 valence electrons. The zero-order chi connectivity index (χ0) is 14.6. The molecule has 0 aliphatic rings. The maximum absolute atomic E-state index is 11.8. The van der Waals surface area contributed by atoms with Crippen molar-refractivity contribution in [3.05, 3.63) is 29.3 Å². The second-order valence-electron chi connectivity index (χ2n) is 4.91. The second-order valence-corrected chi connectivity index (χ2v) is 5.35. The molecule has 1 unspecified atom stereocenters. The van der Waals surface area contributed by atoms with Crippen LogP contribution in [0.5, 0.6) is 0 Å². The van der Waals surface area contributed by atoms with Gasteiger partial charge in [-0.2, -0.15) is 0 Å². The molecule has 1 rings (SSSR count). The first-order chi connectivity index (χ1) is 8.78. The lowest BCUT2D eigenvalue weighted by Crippen LogP contribution is -2.47. The Labute approximate surface area is 118 Å².